The first-order valence-electron chi connectivity index (χ1n) is 5.86. The van der Waals surface area contributed by atoms with Crippen LogP contribution in [0.3, 0.4) is 0 Å². The van der Waals surface area contributed by atoms with Gasteiger partial charge in [-0.25, -0.2) is 4.39 Å². The minimum atomic E-state index is -1.88. The molecule has 1 aromatic carbocycles. The van der Waals surface area contributed by atoms with Crippen LogP contribution in [0.1, 0.15) is 12.5 Å². The Kier molecular flexibility index (Phi) is 4.96. The highest BCUT2D eigenvalue weighted by Gasteiger charge is 2.45. The van der Waals surface area contributed by atoms with E-state index in [1.165, 1.54) is 13.0 Å². The van der Waals surface area contributed by atoms with Gasteiger partial charge in [-0.05, 0) is 13.0 Å². The van der Waals surface area contributed by atoms with E-state index < -0.39 is 40.2 Å². The molecule has 0 N–H and O–H groups in total. The third-order valence-corrected chi connectivity index (χ3v) is 3.09. The van der Waals surface area contributed by atoms with Gasteiger partial charge in [0.2, 0.25) is 0 Å². The van der Waals surface area contributed by atoms with Gasteiger partial charge in [0.1, 0.15) is 5.82 Å². The second-order valence-corrected chi connectivity index (χ2v) is 4.49. The monoisotopic (exact) mass is 299 g/mol. The van der Waals surface area contributed by atoms with Gasteiger partial charge in [0.15, 0.2) is 5.41 Å². The number of carbonyl (C=O) groups is 2. The van der Waals surface area contributed by atoms with Crippen molar-refractivity contribution in [3.05, 3.63) is 39.7 Å². The van der Waals surface area contributed by atoms with E-state index in [-0.39, 0.29) is 5.56 Å². The molecule has 0 radical (unpaired) electrons. The molecule has 0 aliphatic rings. The molecule has 0 fully saturated rings. The molecule has 0 unspecified atom stereocenters. The minimum absolute atomic E-state index is 0.360. The first-order valence-corrected chi connectivity index (χ1v) is 5.86. The highest BCUT2D eigenvalue weighted by molar-refractivity contribution is 5.99. The summed E-state index contributed by atoms with van der Waals surface area (Å²) in [4.78, 5) is 33.8. The quantitative estimate of drug-likeness (QED) is 0.355. The summed E-state index contributed by atoms with van der Waals surface area (Å²) in [6.45, 7) is 1.18. The van der Waals surface area contributed by atoms with E-state index in [0.717, 1.165) is 26.4 Å². The number of methoxy groups -OCH3 is 2. The van der Waals surface area contributed by atoms with Gasteiger partial charge in [-0.15, -0.1) is 0 Å². The maximum atomic E-state index is 13.9. The Morgan fingerprint density at radius 2 is 1.81 bits per heavy atom. The van der Waals surface area contributed by atoms with E-state index in [1.54, 1.807) is 0 Å². The second kappa shape index (κ2) is 6.29. The van der Waals surface area contributed by atoms with Crippen molar-refractivity contribution in [3.63, 3.8) is 0 Å². The fourth-order valence-corrected chi connectivity index (χ4v) is 1.93. The molecule has 0 heterocycles. The average Bonchev–Trinajstić information content (AvgIpc) is 2.46. The van der Waals surface area contributed by atoms with Crippen molar-refractivity contribution in [1.82, 2.24) is 0 Å². The van der Waals surface area contributed by atoms with Crippen molar-refractivity contribution >= 4 is 17.6 Å². The Hall–Kier alpha value is -2.51. The Labute approximate surface area is 119 Å². The van der Waals surface area contributed by atoms with Gasteiger partial charge in [-0.2, -0.15) is 0 Å². The lowest BCUT2D eigenvalue weighted by Gasteiger charge is -2.23. The predicted molar refractivity (Wildman–Crippen MR) is 68.9 cm³/mol. The molecule has 0 aromatic heterocycles. The summed E-state index contributed by atoms with van der Waals surface area (Å²) in [7, 11) is 2.11. The van der Waals surface area contributed by atoms with Gasteiger partial charge in [0.25, 0.3) is 5.69 Å². The molecule has 0 aliphatic heterocycles. The van der Waals surface area contributed by atoms with E-state index >= 15 is 0 Å². The molecular formula is C13H14FNO6. The summed E-state index contributed by atoms with van der Waals surface area (Å²) in [5.41, 5.74) is -2.76. The maximum Gasteiger partial charge on any atom is 0.323 e. The number of nitrogens with zero attached hydrogens (tertiary/aromatic N) is 1. The number of hydrogen-bond acceptors (Lipinski definition) is 6. The number of nitro benzene ring substituents is 1. The van der Waals surface area contributed by atoms with Gasteiger partial charge in [0.05, 0.1) is 24.7 Å². The van der Waals surface area contributed by atoms with Crippen LogP contribution in [-0.2, 0) is 25.5 Å². The largest absolute Gasteiger partial charge is 0.468 e. The molecule has 0 amide bonds. The number of carbonyl (C=O) groups excluding carboxylic acids is 2. The molecule has 0 saturated carbocycles. The number of halogens is 1. The Bertz CT molecular complexity index is 570. The number of hydrogen-bond donors (Lipinski definition) is 0. The molecule has 114 valence electrons. The van der Waals surface area contributed by atoms with Crippen molar-refractivity contribution in [2.75, 3.05) is 14.2 Å². The molecule has 0 aliphatic carbocycles. The molecule has 8 heteroatoms. The molecule has 21 heavy (non-hydrogen) atoms. The van der Waals surface area contributed by atoms with Crippen LogP contribution >= 0.6 is 0 Å². The number of esters is 2. The summed E-state index contributed by atoms with van der Waals surface area (Å²) < 4.78 is 22.9. The van der Waals surface area contributed by atoms with Crippen molar-refractivity contribution in [1.29, 1.82) is 0 Å². The Morgan fingerprint density at radius 1 is 1.29 bits per heavy atom. The number of benzene rings is 1. The van der Waals surface area contributed by atoms with Crippen LogP contribution in [0.5, 0.6) is 0 Å². The zero-order valence-electron chi connectivity index (χ0n) is 11.7. The fraction of sp³-hybridized carbons (Fsp3) is 0.385. The van der Waals surface area contributed by atoms with Crippen LogP contribution in [-0.4, -0.2) is 31.1 Å². The van der Waals surface area contributed by atoms with Crippen LogP contribution in [0.4, 0.5) is 10.1 Å². The molecule has 1 rings (SSSR count). The molecule has 0 spiro atoms. The standard InChI is InChI=1S/C13H14FNO6/c1-13(11(16)20-2,12(17)21-3)7-8-9(14)5-4-6-10(8)15(18)19/h4-6H,7H2,1-3H3. The molecule has 0 bridgehead atoms. The van der Waals surface area contributed by atoms with Gasteiger partial charge in [-0.1, -0.05) is 6.07 Å². The molecular weight excluding hydrogens is 285 g/mol. The third kappa shape index (κ3) is 3.15. The van der Waals surface area contributed by atoms with Crippen LogP contribution in [0, 0.1) is 21.3 Å². The zero-order valence-corrected chi connectivity index (χ0v) is 11.7. The maximum absolute atomic E-state index is 13.9. The van der Waals surface area contributed by atoms with Crippen LogP contribution in [0.2, 0.25) is 0 Å². The lowest BCUT2D eigenvalue weighted by Crippen LogP contribution is -2.40. The van der Waals surface area contributed by atoms with Gasteiger partial charge < -0.3 is 9.47 Å². The van der Waals surface area contributed by atoms with E-state index in [4.69, 9.17) is 0 Å². The van der Waals surface area contributed by atoms with E-state index in [0.29, 0.717) is 0 Å². The van der Waals surface area contributed by atoms with E-state index in [1.807, 2.05) is 0 Å². The van der Waals surface area contributed by atoms with Crippen molar-refractivity contribution in [2.24, 2.45) is 5.41 Å². The van der Waals surface area contributed by atoms with E-state index in [2.05, 4.69) is 9.47 Å². The predicted octanol–water partition coefficient (Wildman–Crippen LogP) is 1.63. The third-order valence-electron chi connectivity index (χ3n) is 3.09. The van der Waals surface area contributed by atoms with Crippen molar-refractivity contribution in [3.8, 4) is 0 Å². The second-order valence-electron chi connectivity index (χ2n) is 4.49. The average molecular weight is 299 g/mol. The summed E-state index contributed by atoms with van der Waals surface area (Å²) >= 11 is 0. The number of nitro groups is 1. The minimum Gasteiger partial charge on any atom is -0.468 e. The molecule has 0 saturated heterocycles. The Balaban J connectivity index is 3.38. The smallest absolute Gasteiger partial charge is 0.323 e. The van der Waals surface area contributed by atoms with Crippen LogP contribution in [0.25, 0.3) is 0 Å². The molecule has 0 atom stereocenters. The number of rotatable bonds is 5. The normalized spacial score (nSPS) is 10.9. The first-order chi connectivity index (χ1) is 9.77. The van der Waals surface area contributed by atoms with Crippen LogP contribution < -0.4 is 0 Å². The molecule has 7 nitrogen and oxygen atoms in total. The van der Waals surface area contributed by atoms with Crippen molar-refractivity contribution in [2.45, 2.75) is 13.3 Å². The molecule has 1 aromatic rings. The Morgan fingerprint density at radius 3 is 2.24 bits per heavy atom. The number of ether oxygens (including phenoxy) is 2. The topological polar surface area (TPSA) is 95.7 Å². The lowest BCUT2D eigenvalue weighted by molar-refractivity contribution is -0.385. The van der Waals surface area contributed by atoms with Crippen LogP contribution in [0.15, 0.2) is 18.2 Å². The van der Waals surface area contributed by atoms with Crippen molar-refractivity contribution < 1.29 is 28.4 Å². The summed E-state index contributed by atoms with van der Waals surface area (Å²) in [6.07, 6.45) is -0.546. The van der Waals surface area contributed by atoms with Gasteiger partial charge in [-0.3, -0.25) is 19.7 Å². The zero-order chi connectivity index (χ0) is 16.2. The van der Waals surface area contributed by atoms with Gasteiger partial charge >= 0.3 is 11.9 Å². The lowest BCUT2D eigenvalue weighted by atomic mass is 9.83. The van der Waals surface area contributed by atoms with Gasteiger partial charge in [0, 0.05) is 12.5 Å². The highest BCUT2D eigenvalue weighted by Crippen LogP contribution is 2.32. The fourth-order valence-electron chi connectivity index (χ4n) is 1.93. The summed E-state index contributed by atoms with van der Waals surface area (Å²) in [6, 6.07) is 3.27. The summed E-state index contributed by atoms with van der Waals surface area (Å²) in [5.74, 6) is -2.82. The summed E-state index contributed by atoms with van der Waals surface area (Å²) in [5, 5.41) is 10.9. The van der Waals surface area contributed by atoms with E-state index in [9.17, 15) is 24.1 Å². The first kappa shape index (κ1) is 16.5. The SMILES string of the molecule is COC(=O)C(C)(Cc1c(F)cccc1[N+](=O)[O-])C(=O)OC. The highest BCUT2D eigenvalue weighted by atomic mass is 19.1.